The number of carbonyl (C=O) groups excluding carboxylic acids is 1. The van der Waals surface area contributed by atoms with E-state index in [1.807, 2.05) is 19.1 Å². The molecule has 1 atom stereocenters. The van der Waals surface area contributed by atoms with Gasteiger partial charge < -0.3 is 10.6 Å². The molecule has 2 rings (SSSR count). The molecular formula is C15H23N3O. The third-order valence-electron chi connectivity index (χ3n) is 4.04. The molecule has 2 amide bonds. The molecule has 19 heavy (non-hydrogen) atoms. The minimum absolute atomic E-state index is 0.000570. The van der Waals surface area contributed by atoms with Crippen molar-refractivity contribution >= 4 is 6.03 Å². The Hall–Kier alpha value is -1.58. The molecule has 2 N–H and O–H groups in total. The Morgan fingerprint density at radius 1 is 1.37 bits per heavy atom. The Bertz CT molecular complexity index is 413. The van der Waals surface area contributed by atoms with Crippen LogP contribution in [0.5, 0.6) is 0 Å². The van der Waals surface area contributed by atoms with Crippen LogP contribution in [0.3, 0.4) is 0 Å². The summed E-state index contributed by atoms with van der Waals surface area (Å²) in [4.78, 5) is 15.9. The van der Waals surface area contributed by atoms with Gasteiger partial charge in [0.15, 0.2) is 0 Å². The van der Waals surface area contributed by atoms with Gasteiger partial charge in [-0.25, -0.2) is 4.79 Å². The van der Waals surface area contributed by atoms with Crippen molar-refractivity contribution in [2.24, 2.45) is 5.41 Å². The van der Waals surface area contributed by atoms with Crippen molar-refractivity contribution in [2.45, 2.75) is 45.6 Å². The second-order valence-corrected chi connectivity index (χ2v) is 5.85. The maximum atomic E-state index is 11.9. The molecule has 1 aliphatic carbocycles. The van der Waals surface area contributed by atoms with Crippen LogP contribution in [0.1, 0.15) is 51.1 Å². The molecule has 0 aromatic carbocycles. The molecule has 0 spiro atoms. The van der Waals surface area contributed by atoms with Crippen molar-refractivity contribution in [1.29, 1.82) is 0 Å². The molecule has 104 valence electrons. The molecule has 1 aliphatic rings. The van der Waals surface area contributed by atoms with Gasteiger partial charge in [0.2, 0.25) is 0 Å². The van der Waals surface area contributed by atoms with Gasteiger partial charge in [-0.3, -0.25) is 4.98 Å². The zero-order chi connectivity index (χ0) is 13.7. The summed E-state index contributed by atoms with van der Waals surface area (Å²) in [5.41, 5.74) is 1.36. The highest BCUT2D eigenvalue weighted by atomic mass is 16.2. The topological polar surface area (TPSA) is 54.0 Å². The lowest BCUT2D eigenvalue weighted by molar-refractivity contribution is 0.229. The predicted octanol–water partition coefficient (Wildman–Crippen LogP) is 3.02. The van der Waals surface area contributed by atoms with Crippen molar-refractivity contribution in [3.8, 4) is 0 Å². The van der Waals surface area contributed by atoms with Crippen molar-refractivity contribution in [2.75, 3.05) is 6.54 Å². The first-order valence-corrected chi connectivity index (χ1v) is 7.03. The third kappa shape index (κ3) is 3.94. The Balaban J connectivity index is 1.78. The molecule has 0 radical (unpaired) electrons. The van der Waals surface area contributed by atoms with Gasteiger partial charge in [0.05, 0.1) is 6.04 Å². The number of hydrogen-bond acceptors (Lipinski definition) is 2. The van der Waals surface area contributed by atoms with E-state index in [0.717, 1.165) is 12.1 Å². The fourth-order valence-corrected chi connectivity index (χ4v) is 2.68. The molecule has 0 saturated heterocycles. The minimum atomic E-state index is -0.0857. The lowest BCUT2D eigenvalue weighted by Gasteiger charge is -2.24. The molecule has 0 bridgehead atoms. The van der Waals surface area contributed by atoms with E-state index in [0.29, 0.717) is 0 Å². The Morgan fingerprint density at radius 3 is 2.63 bits per heavy atom. The SMILES string of the molecule is C[C@H](NC(=O)NCC1(C)CCCC1)c1ccncc1. The highest BCUT2D eigenvalue weighted by Gasteiger charge is 2.28. The van der Waals surface area contributed by atoms with Crippen LogP contribution in [0.15, 0.2) is 24.5 Å². The van der Waals surface area contributed by atoms with Crippen molar-refractivity contribution in [3.05, 3.63) is 30.1 Å². The Morgan fingerprint density at radius 2 is 2.00 bits per heavy atom. The molecule has 0 unspecified atom stereocenters. The molecule has 0 aliphatic heterocycles. The first-order valence-electron chi connectivity index (χ1n) is 7.03. The van der Waals surface area contributed by atoms with Gasteiger partial charge in [-0.15, -0.1) is 0 Å². The van der Waals surface area contributed by atoms with Gasteiger partial charge in [0, 0.05) is 18.9 Å². The van der Waals surface area contributed by atoms with Gasteiger partial charge in [-0.1, -0.05) is 19.8 Å². The smallest absolute Gasteiger partial charge is 0.315 e. The maximum Gasteiger partial charge on any atom is 0.315 e. The summed E-state index contributed by atoms with van der Waals surface area (Å²) in [7, 11) is 0. The Labute approximate surface area is 115 Å². The summed E-state index contributed by atoms with van der Waals surface area (Å²) in [6.45, 7) is 5.00. The first kappa shape index (κ1) is 13.8. The summed E-state index contributed by atoms with van der Waals surface area (Å²) in [5.74, 6) is 0. The average molecular weight is 261 g/mol. The highest BCUT2D eigenvalue weighted by molar-refractivity contribution is 5.74. The molecule has 1 heterocycles. The summed E-state index contributed by atoms with van der Waals surface area (Å²) in [5, 5.41) is 5.96. The molecule has 1 fully saturated rings. The number of urea groups is 1. The van der Waals surface area contributed by atoms with Crippen molar-refractivity contribution < 1.29 is 4.79 Å². The number of nitrogens with one attached hydrogen (secondary N) is 2. The van der Waals surface area contributed by atoms with Gasteiger partial charge >= 0.3 is 6.03 Å². The summed E-state index contributed by atoms with van der Waals surface area (Å²) in [6, 6.07) is 3.75. The molecule has 1 aromatic rings. The van der Waals surface area contributed by atoms with Gasteiger partial charge in [0.25, 0.3) is 0 Å². The zero-order valence-corrected chi connectivity index (χ0v) is 11.8. The third-order valence-corrected chi connectivity index (χ3v) is 4.04. The number of pyridine rings is 1. The van der Waals surface area contributed by atoms with Gasteiger partial charge in [0.1, 0.15) is 0 Å². The van der Waals surface area contributed by atoms with Crippen LogP contribution in [-0.4, -0.2) is 17.6 Å². The van der Waals surface area contributed by atoms with E-state index in [4.69, 9.17) is 0 Å². The standard InChI is InChI=1S/C15H23N3O/c1-12(13-5-9-16-10-6-13)18-14(19)17-11-15(2)7-3-4-8-15/h5-6,9-10,12H,3-4,7-8,11H2,1-2H3,(H2,17,18,19)/t12-/m0/s1. The van der Waals surface area contributed by atoms with Crippen LogP contribution in [0, 0.1) is 5.41 Å². The van der Waals surface area contributed by atoms with Crippen LogP contribution in [-0.2, 0) is 0 Å². The largest absolute Gasteiger partial charge is 0.338 e. The van der Waals surface area contributed by atoms with Crippen molar-refractivity contribution in [3.63, 3.8) is 0 Å². The van der Waals surface area contributed by atoms with E-state index in [2.05, 4.69) is 22.5 Å². The zero-order valence-electron chi connectivity index (χ0n) is 11.8. The highest BCUT2D eigenvalue weighted by Crippen LogP contribution is 2.36. The fraction of sp³-hybridized carbons (Fsp3) is 0.600. The van der Waals surface area contributed by atoms with Gasteiger partial charge in [-0.05, 0) is 42.9 Å². The van der Waals surface area contributed by atoms with E-state index in [9.17, 15) is 4.79 Å². The predicted molar refractivity (Wildman–Crippen MR) is 75.8 cm³/mol. The number of hydrogen-bond donors (Lipinski definition) is 2. The minimum Gasteiger partial charge on any atom is -0.338 e. The molecule has 1 saturated carbocycles. The molecule has 4 nitrogen and oxygen atoms in total. The normalized spacial score (nSPS) is 18.8. The molecule has 1 aromatic heterocycles. The van der Waals surface area contributed by atoms with Crippen LogP contribution in [0.25, 0.3) is 0 Å². The van der Waals surface area contributed by atoms with Crippen molar-refractivity contribution in [1.82, 2.24) is 15.6 Å². The summed E-state index contributed by atoms with van der Waals surface area (Å²) < 4.78 is 0. The van der Waals surface area contributed by atoms with E-state index in [-0.39, 0.29) is 17.5 Å². The maximum absolute atomic E-state index is 11.9. The van der Waals surface area contributed by atoms with E-state index in [1.54, 1.807) is 12.4 Å². The number of nitrogens with zero attached hydrogens (tertiary/aromatic N) is 1. The monoisotopic (exact) mass is 261 g/mol. The summed E-state index contributed by atoms with van der Waals surface area (Å²) in [6.07, 6.45) is 8.48. The molecular weight excluding hydrogens is 238 g/mol. The number of aromatic nitrogens is 1. The average Bonchev–Trinajstić information content (AvgIpc) is 2.85. The molecule has 4 heteroatoms. The van der Waals surface area contributed by atoms with E-state index in [1.165, 1.54) is 25.7 Å². The van der Waals surface area contributed by atoms with Crippen LogP contribution in [0.2, 0.25) is 0 Å². The number of carbonyl (C=O) groups is 1. The second-order valence-electron chi connectivity index (χ2n) is 5.85. The quantitative estimate of drug-likeness (QED) is 0.875. The van der Waals surface area contributed by atoms with E-state index < -0.39 is 0 Å². The lowest BCUT2D eigenvalue weighted by Crippen LogP contribution is -2.41. The van der Waals surface area contributed by atoms with Crippen LogP contribution in [0.4, 0.5) is 4.79 Å². The van der Waals surface area contributed by atoms with Crippen LogP contribution < -0.4 is 10.6 Å². The van der Waals surface area contributed by atoms with Gasteiger partial charge in [-0.2, -0.15) is 0 Å². The number of rotatable bonds is 4. The number of amides is 2. The summed E-state index contributed by atoms with van der Waals surface area (Å²) >= 11 is 0. The fourth-order valence-electron chi connectivity index (χ4n) is 2.68. The first-order chi connectivity index (χ1) is 9.09. The lowest BCUT2D eigenvalue weighted by atomic mass is 9.89. The Kier molecular flexibility index (Phi) is 4.40. The van der Waals surface area contributed by atoms with E-state index >= 15 is 0 Å². The second kappa shape index (κ2) is 6.04. The van der Waals surface area contributed by atoms with Crippen LogP contribution >= 0.6 is 0 Å².